The molecule has 1 aromatic heterocycles. The Bertz CT molecular complexity index is 320. The predicted molar refractivity (Wildman–Crippen MR) is 63.2 cm³/mol. The van der Waals surface area contributed by atoms with E-state index in [1.807, 2.05) is 6.07 Å². The number of methoxy groups -OCH3 is 1. The van der Waals surface area contributed by atoms with Crippen molar-refractivity contribution in [3.05, 3.63) is 6.07 Å². The summed E-state index contributed by atoms with van der Waals surface area (Å²) in [7, 11) is 1.57. The molecule has 0 spiro atoms. The molecule has 1 unspecified atom stereocenters. The van der Waals surface area contributed by atoms with Gasteiger partial charge >= 0.3 is 0 Å². The number of ether oxygens (including phenoxy) is 1. The van der Waals surface area contributed by atoms with Crippen molar-refractivity contribution < 1.29 is 4.74 Å². The van der Waals surface area contributed by atoms with E-state index in [0.717, 1.165) is 10.8 Å². The molecule has 1 rings (SSSR count). The van der Waals surface area contributed by atoms with Crippen LogP contribution in [0.25, 0.3) is 0 Å². The summed E-state index contributed by atoms with van der Waals surface area (Å²) in [5.41, 5.74) is 5.56. The summed E-state index contributed by atoms with van der Waals surface area (Å²) < 4.78 is 5.02. The number of nitrogens with two attached hydrogens (primary N) is 1. The molecule has 2 N–H and O–H groups in total. The molecule has 0 saturated heterocycles. The Morgan fingerprint density at radius 1 is 1.53 bits per heavy atom. The van der Waals surface area contributed by atoms with Crippen LogP contribution in [0.3, 0.4) is 0 Å². The fourth-order valence-electron chi connectivity index (χ4n) is 0.945. The van der Waals surface area contributed by atoms with Crippen LogP contribution >= 0.6 is 11.8 Å². The van der Waals surface area contributed by atoms with Gasteiger partial charge in [-0.1, -0.05) is 20.3 Å². The fourth-order valence-corrected chi connectivity index (χ4v) is 1.98. The quantitative estimate of drug-likeness (QED) is 0.617. The van der Waals surface area contributed by atoms with Gasteiger partial charge in [0.05, 0.1) is 7.11 Å². The Morgan fingerprint density at radius 3 is 2.87 bits per heavy atom. The van der Waals surface area contributed by atoms with Crippen LogP contribution in [-0.4, -0.2) is 22.8 Å². The number of hydrogen-bond acceptors (Lipinski definition) is 5. The lowest BCUT2D eigenvalue weighted by Gasteiger charge is -2.08. The minimum absolute atomic E-state index is 0.265. The first-order chi connectivity index (χ1) is 7.15. The molecular formula is C10H17N3OS. The number of nitrogen functional groups attached to an aromatic ring is 1. The Hall–Kier alpha value is -0.970. The number of rotatable bonds is 5. The molecule has 0 fully saturated rings. The van der Waals surface area contributed by atoms with E-state index in [9.17, 15) is 0 Å². The van der Waals surface area contributed by atoms with E-state index in [1.165, 1.54) is 6.42 Å². The van der Waals surface area contributed by atoms with Crippen molar-refractivity contribution in [2.75, 3.05) is 18.6 Å². The van der Waals surface area contributed by atoms with Crippen LogP contribution in [0.4, 0.5) is 5.95 Å². The molecule has 84 valence electrons. The topological polar surface area (TPSA) is 61.0 Å². The number of anilines is 1. The first-order valence-electron chi connectivity index (χ1n) is 4.97. The summed E-state index contributed by atoms with van der Waals surface area (Å²) in [6.45, 7) is 4.40. The van der Waals surface area contributed by atoms with E-state index >= 15 is 0 Å². The van der Waals surface area contributed by atoms with Gasteiger partial charge in [0, 0.05) is 11.8 Å². The largest absolute Gasteiger partial charge is 0.481 e. The Morgan fingerprint density at radius 2 is 2.27 bits per heavy atom. The second kappa shape index (κ2) is 5.80. The lowest BCUT2D eigenvalue weighted by atomic mass is 10.2. The lowest BCUT2D eigenvalue weighted by molar-refractivity contribution is 0.396. The normalized spacial score (nSPS) is 12.5. The van der Waals surface area contributed by atoms with Gasteiger partial charge in [-0.05, 0) is 5.92 Å². The van der Waals surface area contributed by atoms with E-state index in [0.29, 0.717) is 11.8 Å². The lowest BCUT2D eigenvalue weighted by Crippen LogP contribution is -2.00. The van der Waals surface area contributed by atoms with Gasteiger partial charge in [-0.25, -0.2) is 4.98 Å². The van der Waals surface area contributed by atoms with Crippen molar-refractivity contribution >= 4 is 17.7 Å². The number of nitrogens with zero attached hydrogens (tertiary/aromatic N) is 2. The predicted octanol–water partition coefficient (Wildman–Crippen LogP) is 2.21. The molecule has 15 heavy (non-hydrogen) atoms. The monoisotopic (exact) mass is 227 g/mol. The molecule has 4 nitrogen and oxygen atoms in total. The molecule has 0 aliphatic carbocycles. The third kappa shape index (κ3) is 3.95. The first kappa shape index (κ1) is 12.1. The molecule has 0 radical (unpaired) electrons. The van der Waals surface area contributed by atoms with Crippen molar-refractivity contribution in [2.45, 2.75) is 25.3 Å². The number of aromatic nitrogens is 2. The van der Waals surface area contributed by atoms with E-state index < -0.39 is 0 Å². The van der Waals surface area contributed by atoms with Crippen LogP contribution in [0.5, 0.6) is 5.88 Å². The van der Waals surface area contributed by atoms with Crippen molar-refractivity contribution in [1.82, 2.24) is 9.97 Å². The highest BCUT2D eigenvalue weighted by atomic mass is 32.2. The maximum Gasteiger partial charge on any atom is 0.224 e. The molecule has 0 bridgehead atoms. The summed E-state index contributed by atoms with van der Waals surface area (Å²) in [4.78, 5) is 8.07. The zero-order valence-corrected chi connectivity index (χ0v) is 10.2. The molecule has 5 heteroatoms. The van der Waals surface area contributed by atoms with Gasteiger partial charge in [-0.2, -0.15) is 4.98 Å². The summed E-state index contributed by atoms with van der Waals surface area (Å²) in [6, 6.07) is 1.81. The Balaban J connectivity index is 2.64. The van der Waals surface area contributed by atoms with Gasteiger partial charge in [0.1, 0.15) is 5.03 Å². The SMILES string of the molecule is CCC(C)CSc1cc(OC)nc(N)n1. The van der Waals surface area contributed by atoms with Crippen LogP contribution in [0.15, 0.2) is 11.1 Å². The molecule has 0 aliphatic rings. The van der Waals surface area contributed by atoms with Crippen molar-refractivity contribution in [3.8, 4) is 5.88 Å². The first-order valence-corrected chi connectivity index (χ1v) is 5.95. The standard InChI is InChI=1S/C10H17N3OS/c1-4-7(2)6-15-9-5-8(14-3)12-10(11)13-9/h5,7H,4,6H2,1-3H3,(H2,11,12,13). The molecular weight excluding hydrogens is 210 g/mol. The summed E-state index contributed by atoms with van der Waals surface area (Å²) in [5, 5.41) is 0.875. The molecule has 0 amide bonds. The number of hydrogen-bond donors (Lipinski definition) is 1. The highest BCUT2D eigenvalue weighted by Gasteiger charge is 2.05. The maximum atomic E-state index is 5.56. The second-order valence-electron chi connectivity index (χ2n) is 3.43. The highest BCUT2D eigenvalue weighted by Crippen LogP contribution is 2.23. The summed E-state index contributed by atoms with van der Waals surface area (Å²) >= 11 is 1.69. The van der Waals surface area contributed by atoms with Gasteiger partial charge < -0.3 is 10.5 Å². The summed E-state index contributed by atoms with van der Waals surface area (Å²) in [6.07, 6.45) is 1.17. The van der Waals surface area contributed by atoms with Crippen molar-refractivity contribution in [2.24, 2.45) is 5.92 Å². The minimum Gasteiger partial charge on any atom is -0.481 e. The van der Waals surface area contributed by atoms with Crippen molar-refractivity contribution in [3.63, 3.8) is 0 Å². The number of thioether (sulfide) groups is 1. The van der Waals surface area contributed by atoms with Crippen LogP contribution < -0.4 is 10.5 Å². The average molecular weight is 227 g/mol. The van der Waals surface area contributed by atoms with E-state index in [-0.39, 0.29) is 5.95 Å². The highest BCUT2D eigenvalue weighted by molar-refractivity contribution is 7.99. The molecule has 1 heterocycles. The molecule has 0 aromatic carbocycles. The average Bonchev–Trinajstić information content (AvgIpc) is 2.25. The van der Waals surface area contributed by atoms with Gasteiger partial charge in [0.2, 0.25) is 11.8 Å². The van der Waals surface area contributed by atoms with Gasteiger partial charge in [-0.15, -0.1) is 11.8 Å². The van der Waals surface area contributed by atoms with Gasteiger partial charge in [0.25, 0.3) is 0 Å². The van der Waals surface area contributed by atoms with E-state index in [2.05, 4.69) is 23.8 Å². The molecule has 1 atom stereocenters. The zero-order chi connectivity index (χ0) is 11.3. The maximum absolute atomic E-state index is 5.56. The smallest absolute Gasteiger partial charge is 0.224 e. The van der Waals surface area contributed by atoms with E-state index in [1.54, 1.807) is 18.9 Å². The third-order valence-electron chi connectivity index (χ3n) is 2.12. The van der Waals surface area contributed by atoms with E-state index in [4.69, 9.17) is 10.5 Å². The van der Waals surface area contributed by atoms with Gasteiger partial charge in [-0.3, -0.25) is 0 Å². The second-order valence-corrected chi connectivity index (χ2v) is 4.47. The fraction of sp³-hybridized carbons (Fsp3) is 0.600. The van der Waals surface area contributed by atoms with Gasteiger partial charge in [0.15, 0.2) is 0 Å². The summed E-state index contributed by atoms with van der Waals surface area (Å²) in [5.74, 6) is 2.50. The molecule has 0 saturated carbocycles. The third-order valence-corrected chi connectivity index (χ3v) is 3.36. The van der Waals surface area contributed by atoms with Crippen LogP contribution in [0.2, 0.25) is 0 Å². The molecule has 0 aliphatic heterocycles. The molecule has 1 aromatic rings. The Labute approximate surface area is 94.6 Å². The van der Waals surface area contributed by atoms with Crippen LogP contribution in [0, 0.1) is 5.92 Å². The zero-order valence-electron chi connectivity index (χ0n) is 9.36. The van der Waals surface area contributed by atoms with Crippen LogP contribution in [-0.2, 0) is 0 Å². The Kier molecular flexibility index (Phi) is 4.68. The minimum atomic E-state index is 0.265. The van der Waals surface area contributed by atoms with Crippen molar-refractivity contribution in [1.29, 1.82) is 0 Å². The van der Waals surface area contributed by atoms with Crippen LogP contribution in [0.1, 0.15) is 20.3 Å².